The molecule has 0 saturated carbocycles. The normalized spacial score (nSPS) is 10.4. The fourth-order valence-electron chi connectivity index (χ4n) is 2.33. The fraction of sp³-hybridized carbons (Fsp3) is 0.312. The van der Waals surface area contributed by atoms with Crippen LogP contribution in [0.1, 0.15) is 31.5 Å². The van der Waals surface area contributed by atoms with Gasteiger partial charge in [0.15, 0.2) is 5.82 Å². The minimum atomic E-state index is -0.122. The van der Waals surface area contributed by atoms with Crippen molar-refractivity contribution in [3.8, 4) is 0 Å². The number of amides is 1. The third-order valence-corrected chi connectivity index (χ3v) is 3.31. The van der Waals surface area contributed by atoms with E-state index in [2.05, 4.69) is 16.9 Å². The lowest BCUT2D eigenvalue weighted by molar-refractivity contribution is -0.115. The summed E-state index contributed by atoms with van der Waals surface area (Å²) in [5, 5.41) is 0. The minimum Gasteiger partial charge on any atom is -0.382 e. The van der Waals surface area contributed by atoms with Crippen molar-refractivity contribution >= 4 is 23.1 Å². The molecule has 1 amide bonds. The van der Waals surface area contributed by atoms with Crippen molar-refractivity contribution in [2.24, 2.45) is 0 Å². The first-order chi connectivity index (χ1) is 10.0. The summed E-state index contributed by atoms with van der Waals surface area (Å²) < 4.78 is 0. The van der Waals surface area contributed by atoms with Crippen LogP contribution >= 0.6 is 0 Å². The SMILES string of the molecule is CCCc1ccc(N(C(C)=O)c2c(C)ncnc2N)cc1. The number of benzene rings is 1. The third-order valence-electron chi connectivity index (χ3n) is 3.31. The Balaban J connectivity index is 2.46. The van der Waals surface area contributed by atoms with Crippen LogP contribution < -0.4 is 10.6 Å². The Morgan fingerprint density at radius 2 is 1.90 bits per heavy atom. The third kappa shape index (κ3) is 3.18. The number of carbonyl (C=O) groups excluding carboxylic acids is 1. The van der Waals surface area contributed by atoms with E-state index in [4.69, 9.17) is 5.73 Å². The molecule has 2 aromatic rings. The zero-order valence-corrected chi connectivity index (χ0v) is 12.6. The van der Waals surface area contributed by atoms with Crippen molar-refractivity contribution in [2.75, 3.05) is 10.6 Å². The monoisotopic (exact) mass is 284 g/mol. The standard InChI is InChI=1S/C16H20N4O/c1-4-5-13-6-8-14(9-7-13)20(12(3)21)15-11(2)18-10-19-16(15)17/h6-10H,4-5H2,1-3H3,(H2,17,18,19). The molecule has 1 aromatic carbocycles. The van der Waals surface area contributed by atoms with Gasteiger partial charge in [-0.1, -0.05) is 25.5 Å². The number of hydrogen-bond donors (Lipinski definition) is 1. The Kier molecular flexibility index (Phi) is 4.52. The molecule has 0 spiro atoms. The number of hydrogen-bond acceptors (Lipinski definition) is 4. The molecule has 1 aromatic heterocycles. The summed E-state index contributed by atoms with van der Waals surface area (Å²) in [5.41, 5.74) is 9.17. The molecular formula is C16H20N4O. The highest BCUT2D eigenvalue weighted by Gasteiger charge is 2.20. The van der Waals surface area contributed by atoms with E-state index >= 15 is 0 Å². The van der Waals surface area contributed by atoms with E-state index in [1.807, 2.05) is 31.2 Å². The predicted octanol–water partition coefficient (Wildman–Crippen LogP) is 3.00. The lowest BCUT2D eigenvalue weighted by atomic mass is 10.1. The van der Waals surface area contributed by atoms with Gasteiger partial charge in [-0.25, -0.2) is 9.97 Å². The van der Waals surface area contributed by atoms with Crippen molar-refractivity contribution in [3.05, 3.63) is 41.9 Å². The van der Waals surface area contributed by atoms with Gasteiger partial charge in [0.2, 0.25) is 5.91 Å². The van der Waals surface area contributed by atoms with E-state index in [9.17, 15) is 4.79 Å². The molecule has 1 heterocycles. The zero-order chi connectivity index (χ0) is 15.4. The van der Waals surface area contributed by atoms with Crippen LogP contribution in [0, 0.1) is 6.92 Å². The van der Waals surface area contributed by atoms with Crippen LogP contribution in [0.15, 0.2) is 30.6 Å². The summed E-state index contributed by atoms with van der Waals surface area (Å²) in [4.78, 5) is 21.7. The maximum Gasteiger partial charge on any atom is 0.228 e. The lowest BCUT2D eigenvalue weighted by Crippen LogP contribution is -2.25. The van der Waals surface area contributed by atoms with Crippen LogP contribution in [0.5, 0.6) is 0 Å². The predicted molar refractivity (Wildman–Crippen MR) is 84.4 cm³/mol. The largest absolute Gasteiger partial charge is 0.382 e. The van der Waals surface area contributed by atoms with Gasteiger partial charge in [-0.05, 0) is 31.0 Å². The Morgan fingerprint density at radius 3 is 2.43 bits per heavy atom. The van der Waals surface area contributed by atoms with Gasteiger partial charge in [-0.3, -0.25) is 9.69 Å². The number of nitrogen functional groups attached to an aromatic ring is 1. The molecule has 110 valence electrons. The van der Waals surface area contributed by atoms with Crippen LogP contribution in [0.4, 0.5) is 17.2 Å². The van der Waals surface area contributed by atoms with Crippen LogP contribution in [-0.4, -0.2) is 15.9 Å². The van der Waals surface area contributed by atoms with Crippen molar-refractivity contribution in [2.45, 2.75) is 33.6 Å². The second-order valence-electron chi connectivity index (χ2n) is 4.96. The number of nitrogens with zero attached hydrogens (tertiary/aromatic N) is 3. The molecule has 0 radical (unpaired) electrons. The highest BCUT2D eigenvalue weighted by atomic mass is 16.2. The summed E-state index contributed by atoms with van der Waals surface area (Å²) in [7, 11) is 0. The highest BCUT2D eigenvalue weighted by molar-refractivity contribution is 6.01. The van der Waals surface area contributed by atoms with Gasteiger partial charge in [0.05, 0.1) is 5.69 Å². The molecule has 5 heteroatoms. The molecule has 0 aliphatic rings. The number of aryl methyl sites for hydroxylation is 2. The molecule has 2 rings (SSSR count). The number of anilines is 3. The van der Waals surface area contributed by atoms with Gasteiger partial charge in [0.25, 0.3) is 0 Å². The Morgan fingerprint density at radius 1 is 1.24 bits per heavy atom. The van der Waals surface area contributed by atoms with Crippen molar-refractivity contribution in [1.29, 1.82) is 0 Å². The van der Waals surface area contributed by atoms with Gasteiger partial charge in [-0.2, -0.15) is 0 Å². The van der Waals surface area contributed by atoms with E-state index < -0.39 is 0 Å². The van der Waals surface area contributed by atoms with E-state index in [1.165, 1.54) is 18.8 Å². The molecule has 0 aliphatic heterocycles. The van der Waals surface area contributed by atoms with Crippen LogP contribution in [0.25, 0.3) is 0 Å². The number of nitrogens with two attached hydrogens (primary N) is 1. The smallest absolute Gasteiger partial charge is 0.228 e. The van der Waals surface area contributed by atoms with Gasteiger partial charge >= 0.3 is 0 Å². The van der Waals surface area contributed by atoms with Gasteiger partial charge < -0.3 is 5.73 Å². The first kappa shape index (κ1) is 15.0. The van der Waals surface area contributed by atoms with Crippen LogP contribution in [-0.2, 0) is 11.2 Å². The lowest BCUT2D eigenvalue weighted by Gasteiger charge is -2.23. The van der Waals surface area contributed by atoms with Gasteiger partial charge in [0.1, 0.15) is 12.0 Å². The first-order valence-corrected chi connectivity index (χ1v) is 7.01. The number of aromatic nitrogens is 2. The van der Waals surface area contributed by atoms with Crippen molar-refractivity contribution in [3.63, 3.8) is 0 Å². The van der Waals surface area contributed by atoms with Crippen molar-refractivity contribution in [1.82, 2.24) is 9.97 Å². The molecule has 5 nitrogen and oxygen atoms in total. The maximum absolute atomic E-state index is 12.1. The molecular weight excluding hydrogens is 264 g/mol. The molecule has 0 fully saturated rings. The fourth-order valence-corrected chi connectivity index (χ4v) is 2.33. The van der Waals surface area contributed by atoms with E-state index in [0.717, 1.165) is 18.5 Å². The van der Waals surface area contributed by atoms with Crippen LogP contribution in [0.3, 0.4) is 0 Å². The molecule has 0 saturated heterocycles. The summed E-state index contributed by atoms with van der Waals surface area (Å²) in [6.07, 6.45) is 3.52. The first-order valence-electron chi connectivity index (χ1n) is 7.01. The highest BCUT2D eigenvalue weighted by Crippen LogP contribution is 2.31. The second kappa shape index (κ2) is 6.35. The topological polar surface area (TPSA) is 72.1 Å². The molecule has 2 N–H and O–H groups in total. The summed E-state index contributed by atoms with van der Waals surface area (Å²) in [5.74, 6) is 0.179. The number of carbonyl (C=O) groups is 1. The molecule has 0 bridgehead atoms. The summed E-state index contributed by atoms with van der Waals surface area (Å²) >= 11 is 0. The molecule has 21 heavy (non-hydrogen) atoms. The van der Waals surface area contributed by atoms with E-state index in [-0.39, 0.29) is 5.91 Å². The Labute approximate surface area is 124 Å². The molecule has 0 unspecified atom stereocenters. The van der Waals surface area contributed by atoms with Gasteiger partial charge in [-0.15, -0.1) is 0 Å². The van der Waals surface area contributed by atoms with Crippen molar-refractivity contribution < 1.29 is 4.79 Å². The zero-order valence-electron chi connectivity index (χ0n) is 12.6. The second-order valence-corrected chi connectivity index (χ2v) is 4.96. The van der Waals surface area contributed by atoms with E-state index in [1.54, 1.807) is 4.90 Å². The Bertz CT molecular complexity index is 617. The average molecular weight is 284 g/mol. The summed E-state index contributed by atoms with van der Waals surface area (Å²) in [6, 6.07) is 7.92. The Hall–Kier alpha value is -2.43. The summed E-state index contributed by atoms with van der Waals surface area (Å²) in [6.45, 7) is 5.46. The average Bonchev–Trinajstić information content (AvgIpc) is 2.44. The van der Waals surface area contributed by atoms with Crippen LogP contribution in [0.2, 0.25) is 0 Å². The number of rotatable bonds is 4. The maximum atomic E-state index is 12.1. The molecule has 0 aliphatic carbocycles. The quantitative estimate of drug-likeness (QED) is 0.936. The minimum absolute atomic E-state index is 0.122. The van der Waals surface area contributed by atoms with Gasteiger partial charge in [0, 0.05) is 12.6 Å². The van der Waals surface area contributed by atoms with E-state index in [0.29, 0.717) is 17.2 Å². The molecule has 0 atom stereocenters.